The smallest absolute Gasteiger partial charge is 0.117 e. The second-order valence-corrected chi connectivity index (χ2v) is 2.97. The molecule has 0 radical (unpaired) electrons. The predicted octanol–water partition coefficient (Wildman–Crippen LogP) is 0.387. The molecule has 1 fully saturated rings. The van der Waals surface area contributed by atoms with Crippen molar-refractivity contribution in [2.45, 2.75) is 12.8 Å². The van der Waals surface area contributed by atoms with E-state index in [0.717, 1.165) is 13.1 Å². The van der Waals surface area contributed by atoms with Crippen molar-refractivity contribution in [1.82, 2.24) is 10.0 Å². The number of nitrogens with two attached hydrogens (primary N) is 1. The normalized spacial score (nSPS) is 18.8. The number of hydrogen-bond donors (Lipinski definition) is 1. The Hall–Kier alpha value is -1.03. The lowest BCUT2D eigenvalue weighted by molar-refractivity contribution is 0.109. The molecule has 4 heteroatoms. The Labute approximate surface area is 73.3 Å². The molecule has 0 aromatic rings. The van der Waals surface area contributed by atoms with E-state index in [1.54, 1.807) is 6.34 Å². The van der Waals surface area contributed by atoms with Gasteiger partial charge in [0, 0.05) is 20.1 Å². The summed E-state index contributed by atoms with van der Waals surface area (Å²) in [7, 11) is 1.97. The predicted molar refractivity (Wildman–Crippen MR) is 50.4 cm³/mol. The zero-order valence-corrected chi connectivity index (χ0v) is 7.53. The molecule has 0 saturated carbocycles. The monoisotopic (exact) mass is 168 g/mol. The molecule has 1 aliphatic heterocycles. The van der Waals surface area contributed by atoms with E-state index in [1.807, 2.05) is 12.1 Å². The molecule has 0 atom stereocenters. The second kappa shape index (κ2) is 4.11. The zero-order valence-electron chi connectivity index (χ0n) is 7.53. The third-order valence-electron chi connectivity index (χ3n) is 1.92. The van der Waals surface area contributed by atoms with Gasteiger partial charge >= 0.3 is 0 Å². The van der Waals surface area contributed by atoms with E-state index in [0.29, 0.717) is 5.82 Å². The SMILES string of the molecule is C=C(N)/N=C\N(C)N1CCCC1. The maximum absolute atomic E-state index is 5.30. The number of hydrogen-bond acceptors (Lipinski definition) is 3. The van der Waals surface area contributed by atoms with Crippen LogP contribution < -0.4 is 5.73 Å². The molecule has 12 heavy (non-hydrogen) atoms. The lowest BCUT2D eigenvalue weighted by Crippen LogP contribution is -2.36. The van der Waals surface area contributed by atoms with Gasteiger partial charge in [-0.15, -0.1) is 0 Å². The number of rotatable bonds is 3. The van der Waals surface area contributed by atoms with Crippen molar-refractivity contribution < 1.29 is 0 Å². The van der Waals surface area contributed by atoms with Crippen molar-refractivity contribution in [3.05, 3.63) is 12.4 Å². The summed E-state index contributed by atoms with van der Waals surface area (Å²) in [6.07, 6.45) is 4.23. The van der Waals surface area contributed by atoms with Crippen molar-refractivity contribution in [3.8, 4) is 0 Å². The summed E-state index contributed by atoms with van der Waals surface area (Å²) in [5.41, 5.74) is 5.30. The first-order valence-electron chi connectivity index (χ1n) is 4.16. The van der Waals surface area contributed by atoms with Gasteiger partial charge in [-0.05, 0) is 12.8 Å². The fraction of sp³-hybridized carbons (Fsp3) is 0.625. The first-order chi connectivity index (χ1) is 5.70. The van der Waals surface area contributed by atoms with Gasteiger partial charge < -0.3 is 5.73 Å². The van der Waals surface area contributed by atoms with Crippen molar-refractivity contribution in [3.63, 3.8) is 0 Å². The van der Waals surface area contributed by atoms with Gasteiger partial charge in [-0.3, -0.25) is 5.01 Å². The first kappa shape index (κ1) is 9.06. The van der Waals surface area contributed by atoms with Crippen molar-refractivity contribution in [2.24, 2.45) is 10.7 Å². The maximum atomic E-state index is 5.30. The van der Waals surface area contributed by atoms with E-state index in [-0.39, 0.29) is 0 Å². The van der Waals surface area contributed by atoms with Crippen LogP contribution in [-0.2, 0) is 0 Å². The minimum absolute atomic E-state index is 0.348. The third kappa shape index (κ3) is 2.54. The topological polar surface area (TPSA) is 44.9 Å². The molecule has 0 spiro atoms. The summed E-state index contributed by atoms with van der Waals surface area (Å²) < 4.78 is 0. The minimum atomic E-state index is 0.348. The van der Waals surface area contributed by atoms with Crippen LogP contribution in [0.25, 0.3) is 0 Å². The fourth-order valence-corrected chi connectivity index (χ4v) is 1.25. The van der Waals surface area contributed by atoms with E-state index in [2.05, 4.69) is 16.6 Å². The van der Waals surface area contributed by atoms with Crippen LogP contribution in [0.1, 0.15) is 12.8 Å². The first-order valence-corrected chi connectivity index (χ1v) is 4.16. The average Bonchev–Trinajstić information content (AvgIpc) is 2.51. The van der Waals surface area contributed by atoms with Crippen LogP contribution in [0.5, 0.6) is 0 Å². The fourth-order valence-electron chi connectivity index (χ4n) is 1.25. The van der Waals surface area contributed by atoms with Gasteiger partial charge in [0.15, 0.2) is 0 Å². The lowest BCUT2D eigenvalue weighted by atomic mass is 10.4. The number of nitrogens with zero attached hydrogens (tertiary/aromatic N) is 3. The highest BCUT2D eigenvalue weighted by molar-refractivity contribution is 5.55. The standard InChI is InChI=1S/C8H16N4/c1-8(9)10-7-11(2)12-5-3-4-6-12/h7H,1,3-6,9H2,2H3/b10-7-. The summed E-state index contributed by atoms with van der Waals surface area (Å²) >= 11 is 0. The van der Waals surface area contributed by atoms with E-state index in [1.165, 1.54) is 12.8 Å². The Kier molecular flexibility index (Phi) is 3.10. The average molecular weight is 168 g/mol. The van der Waals surface area contributed by atoms with Crippen molar-refractivity contribution in [1.29, 1.82) is 0 Å². The Bertz CT molecular complexity index is 181. The van der Waals surface area contributed by atoms with Crippen LogP contribution in [0, 0.1) is 0 Å². The summed E-state index contributed by atoms with van der Waals surface area (Å²) in [6.45, 7) is 5.71. The Morgan fingerprint density at radius 1 is 1.58 bits per heavy atom. The number of aliphatic imine (C=N–C) groups is 1. The van der Waals surface area contributed by atoms with Crippen LogP contribution in [0.4, 0.5) is 0 Å². The Balaban J connectivity index is 2.36. The molecule has 1 rings (SSSR count). The van der Waals surface area contributed by atoms with Gasteiger partial charge in [0.2, 0.25) is 0 Å². The summed E-state index contributed by atoms with van der Waals surface area (Å²) in [5, 5.41) is 4.19. The van der Waals surface area contributed by atoms with Gasteiger partial charge in [-0.2, -0.15) is 0 Å². The maximum Gasteiger partial charge on any atom is 0.117 e. The molecule has 4 nitrogen and oxygen atoms in total. The van der Waals surface area contributed by atoms with E-state index < -0.39 is 0 Å². The van der Waals surface area contributed by atoms with Gasteiger partial charge in [-0.25, -0.2) is 10.0 Å². The van der Waals surface area contributed by atoms with Crippen LogP contribution in [0.3, 0.4) is 0 Å². The zero-order chi connectivity index (χ0) is 8.97. The quantitative estimate of drug-likeness (QED) is 0.489. The van der Waals surface area contributed by atoms with E-state index in [4.69, 9.17) is 5.73 Å². The van der Waals surface area contributed by atoms with E-state index in [9.17, 15) is 0 Å². The Morgan fingerprint density at radius 2 is 2.17 bits per heavy atom. The minimum Gasteiger partial charge on any atom is -0.384 e. The van der Waals surface area contributed by atoms with Crippen molar-refractivity contribution in [2.75, 3.05) is 20.1 Å². The highest BCUT2D eigenvalue weighted by Crippen LogP contribution is 2.07. The molecule has 1 aliphatic rings. The molecule has 0 aromatic heterocycles. The van der Waals surface area contributed by atoms with E-state index >= 15 is 0 Å². The second-order valence-electron chi connectivity index (χ2n) is 2.97. The molecule has 68 valence electrons. The largest absolute Gasteiger partial charge is 0.384 e. The molecule has 2 N–H and O–H groups in total. The van der Waals surface area contributed by atoms with Gasteiger partial charge in [0.1, 0.15) is 12.2 Å². The molecule has 1 saturated heterocycles. The summed E-state index contributed by atoms with van der Waals surface area (Å²) in [4.78, 5) is 3.91. The molecule has 0 amide bonds. The number of hydrazine groups is 1. The van der Waals surface area contributed by atoms with Crippen LogP contribution in [0.15, 0.2) is 17.4 Å². The van der Waals surface area contributed by atoms with Crippen molar-refractivity contribution >= 4 is 6.34 Å². The highest BCUT2D eigenvalue weighted by atomic mass is 15.6. The summed E-state index contributed by atoms with van der Waals surface area (Å²) in [6, 6.07) is 0. The highest BCUT2D eigenvalue weighted by Gasteiger charge is 2.13. The molecule has 0 bridgehead atoms. The Morgan fingerprint density at radius 3 is 2.67 bits per heavy atom. The molecule has 0 aliphatic carbocycles. The lowest BCUT2D eigenvalue weighted by Gasteiger charge is -2.24. The molecular weight excluding hydrogens is 152 g/mol. The molecule has 1 heterocycles. The molecular formula is C8H16N4. The van der Waals surface area contributed by atoms with Gasteiger partial charge in [-0.1, -0.05) is 6.58 Å². The third-order valence-corrected chi connectivity index (χ3v) is 1.92. The summed E-state index contributed by atoms with van der Waals surface area (Å²) in [5.74, 6) is 0.348. The van der Waals surface area contributed by atoms with Crippen LogP contribution in [-0.4, -0.2) is 36.5 Å². The van der Waals surface area contributed by atoms with Gasteiger partial charge in [0.25, 0.3) is 0 Å². The molecule has 0 unspecified atom stereocenters. The molecule has 0 aromatic carbocycles. The van der Waals surface area contributed by atoms with Crippen LogP contribution in [0.2, 0.25) is 0 Å². The van der Waals surface area contributed by atoms with Crippen LogP contribution >= 0.6 is 0 Å². The van der Waals surface area contributed by atoms with Gasteiger partial charge in [0.05, 0.1) is 0 Å².